The van der Waals surface area contributed by atoms with E-state index in [2.05, 4.69) is 5.32 Å². The highest BCUT2D eigenvalue weighted by Crippen LogP contribution is 2.24. The zero-order chi connectivity index (χ0) is 17.1. The Bertz CT molecular complexity index is 563. The van der Waals surface area contributed by atoms with Crippen molar-refractivity contribution < 1.29 is 14.3 Å². The summed E-state index contributed by atoms with van der Waals surface area (Å²) in [5.74, 6) is 0.128. The maximum atomic E-state index is 12.2. The van der Waals surface area contributed by atoms with E-state index in [4.69, 9.17) is 4.74 Å². The quantitative estimate of drug-likeness (QED) is 0.894. The molecule has 1 rings (SSSR count). The molecule has 1 aromatic carbocycles. The summed E-state index contributed by atoms with van der Waals surface area (Å²) in [5, 5.41) is 2.75. The van der Waals surface area contributed by atoms with Crippen LogP contribution in [0.1, 0.15) is 52.7 Å². The molecule has 0 unspecified atom stereocenters. The van der Waals surface area contributed by atoms with Gasteiger partial charge in [-0.2, -0.15) is 0 Å². The lowest BCUT2D eigenvalue weighted by Crippen LogP contribution is -2.28. The molecule has 0 aromatic heterocycles. The number of Topliss-reactive ketones (excluding diaryl/α,β-unsaturated/α-hetero) is 1. The summed E-state index contributed by atoms with van der Waals surface area (Å²) in [6, 6.07) is 5.67. The normalized spacial score (nSPS) is 12.0. The van der Waals surface area contributed by atoms with Crippen molar-refractivity contribution in [3.63, 3.8) is 0 Å². The number of hydrogen-bond acceptors (Lipinski definition) is 3. The van der Waals surface area contributed by atoms with Gasteiger partial charge in [-0.1, -0.05) is 32.9 Å². The van der Waals surface area contributed by atoms with Gasteiger partial charge in [-0.05, 0) is 44.9 Å². The Morgan fingerprint density at radius 1 is 1.09 bits per heavy atom. The lowest BCUT2D eigenvalue weighted by molar-refractivity contribution is -0.125. The van der Waals surface area contributed by atoms with E-state index in [0.717, 1.165) is 11.1 Å². The summed E-state index contributed by atoms with van der Waals surface area (Å²) in [5.41, 5.74) is 1.48. The Labute approximate surface area is 133 Å². The van der Waals surface area contributed by atoms with Crippen molar-refractivity contribution in [3.05, 3.63) is 29.3 Å². The minimum atomic E-state index is -0.560. The second-order valence-electron chi connectivity index (χ2n) is 7.64. The van der Waals surface area contributed by atoms with Crippen molar-refractivity contribution in [2.45, 2.75) is 60.5 Å². The summed E-state index contributed by atoms with van der Waals surface area (Å²) in [6.45, 7) is 13.1. The fraction of sp³-hybridized carbons (Fsp3) is 0.556. The first-order valence-corrected chi connectivity index (χ1v) is 7.51. The smallest absolute Gasteiger partial charge is 0.412 e. The highest BCUT2D eigenvalue weighted by atomic mass is 16.6. The number of carbonyl (C=O) groups excluding carboxylic acids is 2. The molecule has 22 heavy (non-hydrogen) atoms. The third-order valence-corrected chi connectivity index (χ3v) is 3.09. The van der Waals surface area contributed by atoms with Gasteiger partial charge in [0, 0.05) is 17.5 Å². The first kappa shape index (κ1) is 18.2. The Morgan fingerprint density at radius 2 is 1.68 bits per heavy atom. The molecule has 0 spiro atoms. The van der Waals surface area contributed by atoms with Gasteiger partial charge in [0.15, 0.2) is 0 Å². The third-order valence-electron chi connectivity index (χ3n) is 3.09. The van der Waals surface area contributed by atoms with Crippen molar-refractivity contribution in [2.75, 3.05) is 5.32 Å². The predicted octanol–water partition coefficient (Wildman–Crippen LogP) is 4.50. The number of nitrogens with one attached hydrogen (secondary N) is 1. The average molecular weight is 305 g/mol. The van der Waals surface area contributed by atoms with Gasteiger partial charge in [-0.25, -0.2) is 4.79 Å². The third kappa shape index (κ3) is 5.88. The topological polar surface area (TPSA) is 55.4 Å². The van der Waals surface area contributed by atoms with Crippen molar-refractivity contribution in [3.8, 4) is 0 Å². The zero-order valence-electron chi connectivity index (χ0n) is 14.7. The fourth-order valence-electron chi connectivity index (χ4n) is 1.81. The minimum absolute atomic E-state index is 0.128. The molecule has 0 atom stereocenters. The second-order valence-corrected chi connectivity index (χ2v) is 7.64. The van der Waals surface area contributed by atoms with Crippen molar-refractivity contribution in [1.82, 2.24) is 0 Å². The molecule has 0 fully saturated rings. The number of hydrogen-bond donors (Lipinski definition) is 1. The molecule has 0 saturated carbocycles. The summed E-state index contributed by atoms with van der Waals surface area (Å²) < 4.78 is 5.27. The van der Waals surface area contributed by atoms with E-state index in [-0.39, 0.29) is 12.2 Å². The van der Waals surface area contributed by atoms with Gasteiger partial charge in [0.2, 0.25) is 0 Å². The maximum absolute atomic E-state index is 12.2. The van der Waals surface area contributed by atoms with Crippen LogP contribution in [0.5, 0.6) is 0 Å². The van der Waals surface area contributed by atoms with Crippen molar-refractivity contribution in [1.29, 1.82) is 0 Å². The van der Waals surface area contributed by atoms with Crippen LogP contribution in [0.3, 0.4) is 0 Å². The number of benzene rings is 1. The number of aryl methyl sites for hydroxylation is 1. The maximum Gasteiger partial charge on any atom is 0.412 e. The van der Waals surface area contributed by atoms with Gasteiger partial charge >= 0.3 is 6.09 Å². The number of carbonyl (C=O) groups is 2. The highest BCUT2D eigenvalue weighted by Gasteiger charge is 2.23. The molecule has 0 aliphatic carbocycles. The van der Waals surface area contributed by atoms with Gasteiger partial charge in [-0.15, -0.1) is 0 Å². The van der Waals surface area contributed by atoms with E-state index in [1.165, 1.54) is 0 Å². The van der Waals surface area contributed by atoms with Crippen LogP contribution in [0.2, 0.25) is 0 Å². The predicted molar refractivity (Wildman–Crippen MR) is 89.2 cm³/mol. The Morgan fingerprint density at radius 3 is 2.18 bits per heavy atom. The molecule has 1 aromatic rings. The van der Waals surface area contributed by atoms with Crippen molar-refractivity contribution >= 4 is 17.6 Å². The molecule has 0 aliphatic rings. The van der Waals surface area contributed by atoms with Crippen LogP contribution in [0, 0.1) is 12.3 Å². The Kier molecular flexibility index (Phi) is 5.39. The summed E-state index contributed by atoms with van der Waals surface area (Å²) in [6.07, 6.45) is -0.225. The average Bonchev–Trinajstić information content (AvgIpc) is 2.28. The van der Waals surface area contributed by atoms with Crippen LogP contribution < -0.4 is 5.32 Å². The number of ketones is 1. The molecule has 4 heteroatoms. The SMILES string of the molecule is Cc1ccc(CC(=O)C(C)(C)C)c(NC(=O)OC(C)(C)C)c1. The molecular weight excluding hydrogens is 278 g/mol. The molecule has 0 bridgehead atoms. The lowest BCUT2D eigenvalue weighted by atomic mass is 9.86. The van der Waals surface area contributed by atoms with E-state index in [1.807, 2.05) is 66.7 Å². The summed E-state index contributed by atoms with van der Waals surface area (Å²) in [4.78, 5) is 24.2. The molecular formula is C18H27NO3. The monoisotopic (exact) mass is 305 g/mol. The standard InChI is InChI=1S/C18H27NO3/c1-12-8-9-13(11-15(20)17(2,3)4)14(10-12)19-16(21)22-18(5,6)7/h8-10H,11H2,1-7H3,(H,19,21). The molecule has 1 N–H and O–H groups in total. The number of amides is 1. The molecule has 0 radical (unpaired) electrons. The molecule has 0 heterocycles. The summed E-state index contributed by atoms with van der Waals surface area (Å²) in [7, 11) is 0. The van der Waals surface area contributed by atoms with E-state index in [9.17, 15) is 9.59 Å². The van der Waals surface area contributed by atoms with Gasteiger partial charge in [0.05, 0.1) is 0 Å². The van der Waals surface area contributed by atoms with Crippen LogP contribution in [0.4, 0.5) is 10.5 Å². The van der Waals surface area contributed by atoms with Gasteiger partial charge in [0.1, 0.15) is 11.4 Å². The van der Waals surface area contributed by atoms with Crippen LogP contribution in [-0.2, 0) is 16.0 Å². The summed E-state index contributed by atoms with van der Waals surface area (Å²) >= 11 is 0. The molecule has 4 nitrogen and oxygen atoms in total. The van der Waals surface area contributed by atoms with Crippen LogP contribution >= 0.6 is 0 Å². The van der Waals surface area contributed by atoms with Crippen LogP contribution in [-0.4, -0.2) is 17.5 Å². The van der Waals surface area contributed by atoms with E-state index in [0.29, 0.717) is 5.69 Å². The van der Waals surface area contributed by atoms with E-state index >= 15 is 0 Å². The second kappa shape index (κ2) is 6.51. The van der Waals surface area contributed by atoms with Gasteiger partial charge in [-0.3, -0.25) is 10.1 Å². The zero-order valence-corrected chi connectivity index (χ0v) is 14.7. The minimum Gasteiger partial charge on any atom is -0.444 e. The van der Waals surface area contributed by atoms with Gasteiger partial charge < -0.3 is 4.74 Å². The molecule has 1 amide bonds. The van der Waals surface area contributed by atoms with E-state index < -0.39 is 17.1 Å². The van der Waals surface area contributed by atoms with Crippen LogP contribution in [0.15, 0.2) is 18.2 Å². The van der Waals surface area contributed by atoms with Crippen LogP contribution in [0.25, 0.3) is 0 Å². The molecule has 122 valence electrons. The fourth-order valence-corrected chi connectivity index (χ4v) is 1.81. The number of anilines is 1. The number of rotatable bonds is 3. The first-order valence-electron chi connectivity index (χ1n) is 7.51. The van der Waals surface area contributed by atoms with Crippen molar-refractivity contribution in [2.24, 2.45) is 5.41 Å². The molecule has 0 saturated heterocycles. The molecule has 0 aliphatic heterocycles. The van der Waals surface area contributed by atoms with E-state index in [1.54, 1.807) is 0 Å². The largest absolute Gasteiger partial charge is 0.444 e. The Balaban J connectivity index is 2.97. The first-order chi connectivity index (χ1) is 9.88. The van der Waals surface area contributed by atoms with Gasteiger partial charge in [0.25, 0.3) is 0 Å². The highest BCUT2D eigenvalue weighted by molar-refractivity contribution is 5.90. The lowest BCUT2D eigenvalue weighted by Gasteiger charge is -2.21. The number of ether oxygens (including phenoxy) is 1. The Hall–Kier alpha value is -1.84.